The molecule has 0 saturated carbocycles. The van der Waals surface area contributed by atoms with Crippen molar-refractivity contribution in [2.45, 2.75) is 4.90 Å². The zero-order valence-electron chi connectivity index (χ0n) is 8.38. The fourth-order valence-corrected chi connectivity index (χ4v) is 1.83. The molecule has 16 heavy (non-hydrogen) atoms. The van der Waals surface area contributed by atoms with Crippen LogP contribution in [0.3, 0.4) is 0 Å². The number of nitrogens with one attached hydrogen (secondary N) is 1. The van der Waals surface area contributed by atoms with Crippen LogP contribution in [0, 0.1) is 4.77 Å². The standard InChI is InChI=1S/C9H9N3O2S2/c1-12-8(10-11-9(12)15)6-2-4-7(5-3-6)16(13)14/h2-5H,1H3,(H,11,15)(H,13,14). The van der Waals surface area contributed by atoms with Crippen molar-refractivity contribution >= 4 is 23.3 Å². The normalized spacial score (nSPS) is 12.6. The summed E-state index contributed by atoms with van der Waals surface area (Å²) in [5.41, 5.74) is 0.837. The van der Waals surface area contributed by atoms with Gasteiger partial charge in [-0.2, -0.15) is 5.10 Å². The van der Waals surface area contributed by atoms with E-state index in [1.165, 1.54) is 0 Å². The van der Waals surface area contributed by atoms with E-state index in [-0.39, 0.29) is 0 Å². The molecule has 1 aromatic heterocycles. The maximum Gasteiger partial charge on any atom is 0.195 e. The zero-order chi connectivity index (χ0) is 11.7. The highest BCUT2D eigenvalue weighted by atomic mass is 32.2. The zero-order valence-corrected chi connectivity index (χ0v) is 10.0. The van der Waals surface area contributed by atoms with Gasteiger partial charge >= 0.3 is 0 Å². The molecule has 0 amide bonds. The number of rotatable bonds is 2. The summed E-state index contributed by atoms with van der Waals surface area (Å²) in [5.74, 6) is 0.695. The molecular formula is C9H9N3O2S2. The molecule has 0 fully saturated rings. The molecule has 0 aliphatic carbocycles. The van der Waals surface area contributed by atoms with E-state index in [9.17, 15) is 4.21 Å². The van der Waals surface area contributed by atoms with Gasteiger partial charge in [-0.15, -0.1) is 0 Å². The van der Waals surface area contributed by atoms with Crippen molar-refractivity contribution in [2.24, 2.45) is 7.05 Å². The van der Waals surface area contributed by atoms with Crippen LogP contribution in [0.25, 0.3) is 11.4 Å². The van der Waals surface area contributed by atoms with Crippen LogP contribution in [0.5, 0.6) is 0 Å². The lowest BCUT2D eigenvalue weighted by Crippen LogP contribution is -1.93. The second-order valence-corrected chi connectivity index (χ2v) is 4.54. The van der Waals surface area contributed by atoms with E-state index in [1.54, 1.807) is 35.9 Å². The van der Waals surface area contributed by atoms with Crippen LogP contribution >= 0.6 is 12.2 Å². The van der Waals surface area contributed by atoms with Gasteiger partial charge < -0.3 is 9.12 Å². The summed E-state index contributed by atoms with van der Waals surface area (Å²) in [4.78, 5) is 0.362. The number of hydrogen-bond donors (Lipinski definition) is 2. The van der Waals surface area contributed by atoms with Gasteiger partial charge in [0.15, 0.2) is 21.7 Å². The summed E-state index contributed by atoms with van der Waals surface area (Å²) in [7, 11) is 1.80. The molecule has 2 aromatic rings. The highest BCUT2D eigenvalue weighted by Gasteiger charge is 2.06. The lowest BCUT2D eigenvalue weighted by Gasteiger charge is -2.01. The van der Waals surface area contributed by atoms with Gasteiger partial charge in [-0.1, -0.05) is 0 Å². The number of nitrogens with zero attached hydrogens (tertiary/aromatic N) is 2. The van der Waals surface area contributed by atoms with Crippen LogP contribution in [0.1, 0.15) is 0 Å². The molecule has 0 radical (unpaired) electrons. The Morgan fingerprint density at radius 1 is 1.44 bits per heavy atom. The Bertz CT molecular complexity index is 586. The smallest absolute Gasteiger partial charge is 0.195 e. The quantitative estimate of drug-likeness (QED) is 0.633. The van der Waals surface area contributed by atoms with Crippen molar-refractivity contribution in [2.75, 3.05) is 0 Å². The van der Waals surface area contributed by atoms with Crippen LogP contribution in [0.4, 0.5) is 0 Å². The van der Waals surface area contributed by atoms with Gasteiger partial charge in [0, 0.05) is 12.6 Å². The van der Waals surface area contributed by atoms with Crippen molar-refractivity contribution in [3.8, 4) is 11.4 Å². The highest BCUT2D eigenvalue weighted by Crippen LogP contribution is 2.17. The van der Waals surface area contributed by atoms with Crippen molar-refractivity contribution in [1.29, 1.82) is 0 Å². The molecular weight excluding hydrogens is 246 g/mol. The van der Waals surface area contributed by atoms with Crippen LogP contribution in [0.15, 0.2) is 29.2 Å². The molecule has 5 nitrogen and oxygen atoms in total. The van der Waals surface area contributed by atoms with Crippen LogP contribution in [-0.2, 0) is 18.1 Å². The molecule has 0 bridgehead atoms. The Kier molecular flexibility index (Phi) is 2.99. The lowest BCUT2D eigenvalue weighted by atomic mass is 10.2. The van der Waals surface area contributed by atoms with Crippen molar-refractivity contribution in [3.63, 3.8) is 0 Å². The van der Waals surface area contributed by atoms with E-state index in [2.05, 4.69) is 10.2 Å². The molecule has 7 heteroatoms. The van der Waals surface area contributed by atoms with Crippen LogP contribution < -0.4 is 0 Å². The molecule has 1 atom stereocenters. The van der Waals surface area contributed by atoms with Gasteiger partial charge in [-0.05, 0) is 36.5 Å². The predicted octanol–water partition coefficient (Wildman–Crippen LogP) is 1.73. The molecule has 1 unspecified atom stereocenters. The monoisotopic (exact) mass is 255 g/mol. The molecule has 2 rings (SSSR count). The first-order valence-electron chi connectivity index (χ1n) is 4.42. The largest absolute Gasteiger partial charge is 0.303 e. The van der Waals surface area contributed by atoms with E-state index in [4.69, 9.17) is 16.8 Å². The first-order chi connectivity index (χ1) is 7.59. The average molecular weight is 255 g/mol. The third-order valence-corrected chi connectivity index (χ3v) is 3.23. The second-order valence-electron chi connectivity index (χ2n) is 3.18. The maximum atomic E-state index is 10.8. The van der Waals surface area contributed by atoms with E-state index < -0.39 is 11.1 Å². The number of aromatic nitrogens is 3. The lowest BCUT2D eigenvalue weighted by molar-refractivity contribution is 0.564. The molecule has 0 spiro atoms. The average Bonchev–Trinajstić information content (AvgIpc) is 2.60. The minimum absolute atomic E-state index is 0.362. The third kappa shape index (κ3) is 1.97. The summed E-state index contributed by atoms with van der Waals surface area (Å²) in [6.45, 7) is 0. The molecule has 84 valence electrons. The Morgan fingerprint density at radius 2 is 2.06 bits per heavy atom. The molecule has 0 saturated heterocycles. The third-order valence-electron chi connectivity index (χ3n) is 2.19. The van der Waals surface area contributed by atoms with Gasteiger partial charge in [0.2, 0.25) is 0 Å². The molecule has 0 aliphatic heterocycles. The topological polar surface area (TPSA) is 70.9 Å². The summed E-state index contributed by atoms with van der Waals surface area (Å²) in [6, 6.07) is 6.63. The van der Waals surface area contributed by atoms with Crippen molar-refractivity contribution in [3.05, 3.63) is 29.0 Å². The van der Waals surface area contributed by atoms with Gasteiger partial charge in [-0.3, -0.25) is 5.10 Å². The Labute approximate surface area is 99.4 Å². The Balaban J connectivity index is 2.46. The summed E-state index contributed by atoms with van der Waals surface area (Å²) < 4.78 is 21.9. The first-order valence-corrected chi connectivity index (χ1v) is 5.94. The van der Waals surface area contributed by atoms with E-state index in [1.807, 2.05) is 0 Å². The number of aromatic amines is 1. The fraction of sp³-hybridized carbons (Fsp3) is 0.111. The van der Waals surface area contributed by atoms with E-state index in [0.717, 1.165) is 5.56 Å². The number of H-pyrrole nitrogens is 1. The van der Waals surface area contributed by atoms with Crippen molar-refractivity contribution < 1.29 is 8.76 Å². The molecule has 1 heterocycles. The van der Waals surface area contributed by atoms with Crippen molar-refractivity contribution in [1.82, 2.24) is 14.8 Å². The van der Waals surface area contributed by atoms with Crippen LogP contribution in [0.2, 0.25) is 0 Å². The predicted molar refractivity (Wildman–Crippen MR) is 62.9 cm³/mol. The van der Waals surface area contributed by atoms with Gasteiger partial charge in [0.1, 0.15) is 0 Å². The van der Waals surface area contributed by atoms with Gasteiger partial charge in [0.25, 0.3) is 0 Å². The maximum absolute atomic E-state index is 10.8. The van der Waals surface area contributed by atoms with E-state index >= 15 is 0 Å². The van der Waals surface area contributed by atoms with Crippen LogP contribution in [-0.4, -0.2) is 23.5 Å². The number of benzene rings is 1. The fourth-order valence-electron chi connectivity index (χ4n) is 1.33. The SMILES string of the molecule is Cn1c(-c2ccc(S(=O)O)cc2)n[nH]c1=S. The summed E-state index contributed by atoms with van der Waals surface area (Å²) >= 11 is 3.05. The molecule has 0 aliphatic rings. The first kappa shape index (κ1) is 11.2. The van der Waals surface area contributed by atoms with Gasteiger partial charge in [-0.25, -0.2) is 4.21 Å². The summed E-state index contributed by atoms with van der Waals surface area (Å²) in [5, 5.41) is 6.75. The van der Waals surface area contributed by atoms with Gasteiger partial charge in [0.05, 0.1) is 4.90 Å². The highest BCUT2D eigenvalue weighted by molar-refractivity contribution is 7.79. The van der Waals surface area contributed by atoms with E-state index in [0.29, 0.717) is 15.5 Å². The second kappa shape index (κ2) is 4.28. The minimum Gasteiger partial charge on any atom is -0.303 e. The Hall–Kier alpha value is -1.31. The molecule has 2 N–H and O–H groups in total. The summed E-state index contributed by atoms with van der Waals surface area (Å²) in [6.07, 6.45) is 0. The Morgan fingerprint density at radius 3 is 2.50 bits per heavy atom. The number of hydrogen-bond acceptors (Lipinski definition) is 3. The minimum atomic E-state index is -1.95. The molecule has 1 aromatic carbocycles.